The van der Waals surface area contributed by atoms with Crippen molar-refractivity contribution in [3.63, 3.8) is 0 Å². The summed E-state index contributed by atoms with van der Waals surface area (Å²) in [5.41, 5.74) is 1.32. The van der Waals surface area contributed by atoms with Crippen LogP contribution in [-0.4, -0.2) is 36.0 Å². The highest BCUT2D eigenvalue weighted by atomic mass is 35.5. The summed E-state index contributed by atoms with van der Waals surface area (Å²) < 4.78 is 33.0. The van der Waals surface area contributed by atoms with Gasteiger partial charge < -0.3 is 4.42 Å². The molecule has 1 saturated heterocycles. The maximum atomic E-state index is 12.9. The molecule has 1 aromatic heterocycles. The number of sulfonamides is 1. The van der Waals surface area contributed by atoms with Crippen molar-refractivity contribution in [1.82, 2.24) is 14.5 Å². The zero-order chi connectivity index (χ0) is 18.9. The molecule has 8 heteroatoms. The molecule has 0 atom stereocenters. The smallest absolute Gasteiger partial charge is 0.248 e. The summed E-state index contributed by atoms with van der Waals surface area (Å²) in [5.74, 6) is 0.626. The molecule has 4 rings (SSSR count). The van der Waals surface area contributed by atoms with Crippen molar-refractivity contribution in [3.05, 3.63) is 53.6 Å². The van der Waals surface area contributed by atoms with Gasteiger partial charge in [0.1, 0.15) is 0 Å². The quantitative estimate of drug-likeness (QED) is 0.651. The number of piperidine rings is 1. The summed E-state index contributed by atoms with van der Waals surface area (Å²) in [6.45, 7) is 1.13. The minimum absolute atomic E-state index is 0.244. The Bertz CT molecular complexity index is 1040. The lowest BCUT2D eigenvalue weighted by Gasteiger charge is -2.25. The first-order valence-corrected chi connectivity index (χ1v) is 10.6. The van der Waals surface area contributed by atoms with E-state index in [1.165, 1.54) is 0 Å². The molecule has 1 aliphatic heterocycles. The maximum Gasteiger partial charge on any atom is 0.248 e. The Labute approximate surface area is 162 Å². The van der Waals surface area contributed by atoms with Crippen molar-refractivity contribution in [2.45, 2.75) is 24.2 Å². The zero-order valence-electron chi connectivity index (χ0n) is 14.5. The van der Waals surface area contributed by atoms with E-state index in [0.717, 1.165) is 24.8 Å². The molecule has 1 fully saturated rings. The first kappa shape index (κ1) is 18.2. The first-order valence-electron chi connectivity index (χ1n) is 8.74. The Hall–Kier alpha value is -2.22. The second-order valence-electron chi connectivity index (χ2n) is 6.41. The van der Waals surface area contributed by atoms with Crippen LogP contribution in [0.3, 0.4) is 0 Å². The molecule has 3 aromatic rings. The molecule has 0 unspecified atom stereocenters. The van der Waals surface area contributed by atoms with Crippen LogP contribution < -0.4 is 0 Å². The number of halogens is 1. The van der Waals surface area contributed by atoms with E-state index in [2.05, 4.69) is 10.2 Å². The Morgan fingerprint density at radius 1 is 0.889 bits per heavy atom. The van der Waals surface area contributed by atoms with E-state index < -0.39 is 10.0 Å². The average Bonchev–Trinajstić information content (AvgIpc) is 3.20. The van der Waals surface area contributed by atoms with Gasteiger partial charge in [-0.25, -0.2) is 8.42 Å². The molecule has 140 valence electrons. The minimum atomic E-state index is -3.51. The highest BCUT2D eigenvalue weighted by Gasteiger charge is 2.26. The topological polar surface area (TPSA) is 76.3 Å². The Morgan fingerprint density at radius 3 is 2.26 bits per heavy atom. The predicted octanol–water partition coefficient (Wildman–Crippen LogP) is 4.23. The van der Waals surface area contributed by atoms with Gasteiger partial charge in [-0.15, -0.1) is 10.2 Å². The monoisotopic (exact) mass is 403 g/mol. The molecule has 0 spiro atoms. The molecule has 2 aromatic carbocycles. The summed E-state index contributed by atoms with van der Waals surface area (Å²) >= 11 is 5.90. The largest absolute Gasteiger partial charge is 0.416 e. The van der Waals surface area contributed by atoms with Crippen LogP contribution in [0.25, 0.3) is 22.9 Å². The fraction of sp³-hybridized carbons (Fsp3) is 0.263. The van der Waals surface area contributed by atoms with Crippen LogP contribution in [0.4, 0.5) is 0 Å². The summed E-state index contributed by atoms with van der Waals surface area (Å²) in [6, 6.07) is 13.7. The summed E-state index contributed by atoms with van der Waals surface area (Å²) in [5, 5.41) is 8.74. The standard InChI is InChI=1S/C19H18ClN3O3S/c20-16-9-7-14(8-10-16)18-21-22-19(26-18)15-5-4-6-17(13-15)27(24,25)23-11-2-1-3-12-23/h4-10,13H,1-3,11-12H2. The molecule has 0 aliphatic carbocycles. The summed E-state index contributed by atoms with van der Waals surface area (Å²) in [7, 11) is -3.51. The number of benzene rings is 2. The van der Waals surface area contributed by atoms with Crippen molar-refractivity contribution >= 4 is 21.6 Å². The lowest BCUT2D eigenvalue weighted by atomic mass is 10.2. The molecule has 27 heavy (non-hydrogen) atoms. The normalized spacial score (nSPS) is 15.7. The van der Waals surface area contributed by atoms with E-state index in [9.17, 15) is 8.42 Å². The van der Waals surface area contributed by atoms with Crippen LogP contribution in [0.1, 0.15) is 19.3 Å². The van der Waals surface area contributed by atoms with E-state index in [1.54, 1.807) is 52.8 Å². The van der Waals surface area contributed by atoms with Crippen LogP contribution in [0.5, 0.6) is 0 Å². The van der Waals surface area contributed by atoms with Gasteiger partial charge in [0.05, 0.1) is 4.90 Å². The van der Waals surface area contributed by atoms with Crippen LogP contribution in [-0.2, 0) is 10.0 Å². The highest BCUT2D eigenvalue weighted by Crippen LogP contribution is 2.28. The van der Waals surface area contributed by atoms with E-state index in [-0.39, 0.29) is 10.8 Å². The molecule has 0 bridgehead atoms. The van der Waals surface area contributed by atoms with Crippen LogP contribution in [0.15, 0.2) is 57.8 Å². The molecule has 2 heterocycles. The Morgan fingerprint density at radius 2 is 1.56 bits per heavy atom. The highest BCUT2D eigenvalue weighted by molar-refractivity contribution is 7.89. The van der Waals surface area contributed by atoms with Crippen LogP contribution in [0, 0.1) is 0 Å². The number of hydrogen-bond donors (Lipinski definition) is 0. The van der Waals surface area contributed by atoms with E-state index in [0.29, 0.717) is 29.6 Å². The molecular weight excluding hydrogens is 386 g/mol. The van der Waals surface area contributed by atoms with Crippen molar-refractivity contribution < 1.29 is 12.8 Å². The molecule has 1 aliphatic rings. The van der Waals surface area contributed by atoms with Gasteiger partial charge in [-0.2, -0.15) is 4.31 Å². The Balaban J connectivity index is 1.64. The van der Waals surface area contributed by atoms with E-state index in [4.69, 9.17) is 16.0 Å². The van der Waals surface area contributed by atoms with Crippen molar-refractivity contribution in [2.75, 3.05) is 13.1 Å². The van der Waals surface area contributed by atoms with Gasteiger partial charge in [-0.05, 0) is 55.3 Å². The zero-order valence-corrected chi connectivity index (χ0v) is 16.1. The van der Waals surface area contributed by atoms with Crippen molar-refractivity contribution in [1.29, 1.82) is 0 Å². The van der Waals surface area contributed by atoms with E-state index >= 15 is 0 Å². The SMILES string of the molecule is O=S(=O)(c1cccc(-c2nnc(-c3ccc(Cl)cc3)o2)c1)N1CCCCC1. The van der Waals surface area contributed by atoms with Crippen molar-refractivity contribution in [2.24, 2.45) is 0 Å². The number of rotatable bonds is 4. The van der Waals surface area contributed by atoms with Gasteiger partial charge >= 0.3 is 0 Å². The molecule has 0 radical (unpaired) electrons. The molecule has 0 N–H and O–H groups in total. The fourth-order valence-electron chi connectivity index (χ4n) is 3.09. The van der Waals surface area contributed by atoms with Gasteiger partial charge in [0.15, 0.2) is 0 Å². The number of nitrogens with zero attached hydrogens (tertiary/aromatic N) is 3. The Kier molecular flexibility index (Phi) is 4.99. The molecule has 0 amide bonds. The molecular formula is C19H18ClN3O3S. The molecule has 6 nitrogen and oxygen atoms in total. The van der Waals surface area contributed by atoms with Gasteiger partial charge in [0.25, 0.3) is 0 Å². The van der Waals surface area contributed by atoms with Crippen LogP contribution >= 0.6 is 11.6 Å². The van der Waals surface area contributed by atoms with Crippen molar-refractivity contribution in [3.8, 4) is 22.9 Å². The van der Waals surface area contributed by atoms with E-state index in [1.807, 2.05) is 0 Å². The fourth-order valence-corrected chi connectivity index (χ4v) is 4.78. The second kappa shape index (κ2) is 7.42. The maximum absolute atomic E-state index is 12.9. The number of hydrogen-bond acceptors (Lipinski definition) is 5. The van der Waals surface area contributed by atoms with Gasteiger partial charge in [-0.1, -0.05) is 24.1 Å². The van der Waals surface area contributed by atoms with Gasteiger partial charge in [0, 0.05) is 29.2 Å². The summed E-state index contributed by atoms with van der Waals surface area (Å²) in [6.07, 6.45) is 2.86. The third kappa shape index (κ3) is 3.76. The number of aromatic nitrogens is 2. The van der Waals surface area contributed by atoms with Gasteiger partial charge in [-0.3, -0.25) is 0 Å². The van der Waals surface area contributed by atoms with Crippen LogP contribution in [0.2, 0.25) is 5.02 Å². The second-order valence-corrected chi connectivity index (χ2v) is 8.79. The third-order valence-corrected chi connectivity index (χ3v) is 6.70. The third-order valence-electron chi connectivity index (χ3n) is 4.55. The lowest BCUT2D eigenvalue weighted by molar-refractivity contribution is 0.346. The lowest BCUT2D eigenvalue weighted by Crippen LogP contribution is -2.35. The average molecular weight is 404 g/mol. The summed E-state index contributed by atoms with van der Waals surface area (Å²) in [4.78, 5) is 0.244. The van der Waals surface area contributed by atoms with Gasteiger partial charge in [0.2, 0.25) is 21.8 Å². The predicted molar refractivity (Wildman–Crippen MR) is 103 cm³/mol. The molecule has 0 saturated carbocycles. The first-order chi connectivity index (χ1) is 13.0. The minimum Gasteiger partial charge on any atom is -0.416 e.